The Morgan fingerprint density at radius 2 is 1.71 bits per heavy atom. The lowest BCUT2D eigenvalue weighted by molar-refractivity contribution is -0.121. The largest absolute Gasteiger partial charge is 0.356 e. The van der Waals surface area contributed by atoms with Crippen LogP contribution >= 0.6 is 0 Å². The Labute approximate surface area is 144 Å². The third kappa shape index (κ3) is 7.49. The molecule has 3 N–H and O–H groups in total. The van der Waals surface area contributed by atoms with Crippen LogP contribution in [-0.4, -0.2) is 31.1 Å². The van der Waals surface area contributed by atoms with Crippen LogP contribution in [0.1, 0.15) is 50.5 Å². The number of nitrogens with one attached hydrogen (secondary N) is 3. The van der Waals surface area contributed by atoms with Crippen molar-refractivity contribution >= 4 is 11.9 Å². The predicted molar refractivity (Wildman–Crippen MR) is 95.8 cm³/mol. The van der Waals surface area contributed by atoms with Crippen LogP contribution in [0.4, 0.5) is 4.79 Å². The Kier molecular flexibility index (Phi) is 8.15. The Hall–Kier alpha value is -2.04. The van der Waals surface area contributed by atoms with Gasteiger partial charge in [0.15, 0.2) is 0 Å². The van der Waals surface area contributed by atoms with E-state index in [9.17, 15) is 9.59 Å². The quantitative estimate of drug-likeness (QED) is 0.641. The number of amides is 3. The molecule has 1 saturated carbocycles. The maximum atomic E-state index is 11.8. The average Bonchev–Trinajstić information content (AvgIpc) is 2.60. The van der Waals surface area contributed by atoms with Crippen molar-refractivity contribution in [1.29, 1.82) is 0 Å². The third-order valence-electron chi connectivity index (χ3n) is 4.39. The number of hydrogen-bond acceptors (Lipinski definition) is 2. The smallest absolute Gasteiger partial charge is 0.315 e. The van der Waals surface area contributed by atoms with Gasteiger partial charge in [-0.1, -0.05) is 49.6 Å². The van der Waals surface area contributed by atoms with E-state index in [1.807, 2.05) is 18.2 Å². The van der Waals surface area contributed by atoms with Crippen molar-refractivity contribution in [2.45, 2.75) is 57.4 Å². The summed E-state index contributed by atoms with van der Waals surface area (Å²) in [4.78, 5) is 23.5. The van der Waals surface area contributed by atoms with E-state index in [2.05, 4.69) is 28.1 Å². The molecule has 3 amide bonds. The van der Waals surface area contributed by atoms with Gasteiger partial charge < -0.3 is 16.0 Å². The summed E-state index contributed by atoms with van der Waals surface area (Å²) >= 11 is 0. The molecule has 0 spiro atoms. The Morgan fingerprint density at radius 3 is 2.46 bits per heavy atom. The second-order valence-electron chi connectivity index (χ2n) is 6.42. The first-order valence-corrected chi connectivity index (χ1v) is 9.09. The van der Waals surface area contributed by atoms with E-state index >= 15 is 0 Å². The van der Waals surface area contributed by atoms with Gasteiger partial charge in [0.05, 0.1) is 0 Å². The summed E-state index contributed by atoms with van der Waals surface area (Å²) in [6.45, 7) is 1.18. The number of carbonyl (C=O) groups excluding carboxylic acids is 2. The predicted octanol–water partition coefficient (Wildman–Crippen LogP) is 2.76. The minimum Gasteiger partial charge on any atom is -0.356 e. The Bertz CT molecular complexity index is 499. The van der Waals surface area contributed by atoms with Gasteiger partial charge in [0.2, 0.25) is 5.91 Å². The van der Waals surface area contributed by atoms with E-state index < -0.39 is 0 Å². The molecule has 1 aliphatic carbocycles. The van der Waals surface area contributed by atoms with Crippen molar-refractivity contribution < 1.29 is 9.59 Å². The van der Waals surface area contributed by atoms with E-state index in [0.717, 1.165) is 19.3 Å². The monoisotopic (exact) mass is 331 g/mol. The molecule has 0 atom stereocenters. The van der Waals surface area contributed by atoms with Crippen molar-refractivity contribution in [3.05, 3.63) is 35.9 Å². The van der Waals surface area contributed by atoms with Gasteiger partial charge in [-0.3, -0.25) is 4.79 Å². The highest BCUT2D eigenvalue weighted by atomic mass is 16.2. The van der Waals surface area contributed by atoms with Crippen molar-refractivity contribution in [2.24, 2.45) is 0 Å². The molecule has 5 heteroatoms. The van der Waals surface area contributed by atoms with Gasteiger partial charge in [-0.2, -0.15) is 0 Å². The average molecular weight is 331 g/mol. The lowest BCUT2D eigenvalue weighted by Crippen LogP contribution is -2.43. The highest BCUT2D eigenvalue weighted by Crippen LogP contribution is 2.17. The SMILES string of the molecule is O=C(CCCNC(=O)NC1CCCCC1)NCCc1ccccc1. The molecular weight excluding hydrogens is 302 g/mol. The summed E-state index contributed by atoms with van der Waals surface area (Å²) in [7, 11) is 0. The summed E-state index contributed by atoms with van der Waals surface area (Å²) in [5.41, 5.74) is 1.22. The van der Waals surface area contributed by atoms with Crippen LogP contribution in [-0.2, 0) is 11.2 Å². The standard InChI is InChI=1S/C19H29N3O2/c23-18(20-15-13-16-8-3-1-4-9-16)12-7-14-21-19(24)22-17-10-5-2-6-11-17/h1,3-4,8-9,17H,2,5-7,10-15H2,(H,20,23)(H2,21,22,24). The highest BCUT2D eigenvalue weighted by Gasteiger charge is 2.15. The normalized spacial score (nSPS) is 14.8. The van der Waals surface area contributed by atoms with Crippen LogP contribution in [0, 0.1) is 0 Å². The van der Waals surface area contributed by atoms with Gasteiger partial charge in [-0.25, -0.2) is 4.79 Å². The third-order valence-corrected chi connectivity index (χ3v) is 4.39. The molecule has 2 rings (SSSR count). The summed E-state index contributed by atoms with van der Waals surface area (Å²) in [5.74, 6) is 0.0421. The van der Waals surface area contributed by atoms with Crippen LogP contribution in [0.2, 0.25) is 0 Å². The Balaban J connectivity index is 1.47. The zero-order chi connectivity index (χ0) is 17.0. The van der Waals surface area contributed by atoms with Crippen LogP contribution in [0.15, 0.2) is 30.3 Å². The first-order valence-electron chi connectivity index (χ1n) is 9.09. The molecule has 0 radical (unpaired) electrons. The topological polar surface area (TPSA) is 70.2 Å². The molecule has 1 aromatic rings. The maximum Gasteiger partial charge on any atom is 0.315 e. The van der Waals surface area contributed by atoms with Crippen molar-refractivity contribution in [3.63, 3.8) is 0 Å². The fourth-order valence-electron chi connectivity index (χ4n) is 3.01. The van der Waals surface area contributed by atoms with Crippen molar-refractivity contribution in [1.82, 2.24) is 16.0 Å². The van der Waals surface area contributed by atoms with Crippen LogP contribution in [0.3, 0.4) is 0 Å². The molecular formula is C19H29N3O2. The van der Waals surface area contributed by atoms with Gasteiger partial charge in [0.25, 0.3) is 0 Å². The minimum absolute atomic E-state index is 0.0421. The van der Waals surface area contributed by atoms with E-state index in [4.69, 9.17) is 0 Å². The first kappa shape index (κ1) is 18.3. The number of rotatable bonds is 8. The summed E-state index contributed by atoms with van der Waals surface area (Å²) in [6.07, 6.45) is 7.79. The van der Waals surface area contributed by atoms with Gasteiger partial charge in [-0.15, -0.1) is 0 Å². The summed E-state index contributed by atoms with van der Waals surface area (Å²) in [5, 5.41) is 8.76. The fourth-order valence-corrected chi connectivity index (χ4v) is 3.01. The molecule has 5 nitrogen and oxygen atoms in total. The molecule has 0 aromatic heterocycles. The molecule has 132 valence electrons. The number of urea groups is 1. The van der Waals surface area contributed by atoms with Gasteiger partial charge in [-0.05, 0) is 31.2 Å². The molecule has 1 fully saturated rings. The molecule has 0 unspecified atom stereocenters. The maximum absolute atomic E-state index is 11.8. The molecule has 0 heterocycles. The molecule has 0 aliphatic heterocycles. The minimum atomic E-state index is -0.105. The first-order chi connectivity index (χ1) is 11.7. The zero-order valence-electron chi connectivity index (χ0n) is 14.4. The second-order valence-corrected chi connectivity index (χ2v) is 6.42. The van der Waals surface area contributed by atoms with E-state index in [1.165, 1.54) is 24.8 Å². The number of carbonyl (C=O) groups is 2. The van der Waals surface area contributed by atoms with Crippen molar-refractivity contribution in [2.75, 3.05) is 13.1 Å². The molecule has 0 saturated heterocycles. The second kappa shape index (κ2) is 10.7. The van der Waals surface area contributed by atoms with E-state index in [0.29, 0.717) is 32.0 Å². The van der Waals surface area contributed by atoms with Crippen LogP contribution in [0.25, 0.3) is 0 Å². The van der Waals surface area contributed by atoms with Gasteiger partial charge in [0.1, 0.15) is 0 Å². The van der Waals surface area contributed by atoms with Gasteiger partial charge >= 0.3 is 6.03 Å². The molecule has 0 bridgehead atoms. The molecule has 24 heavy (non-hydrogen) atoms. The summed E-state index contributed by atoms with van der Waals surface area (Å²) in [6, 6.07) is 10.3. The zero-order valence-corrected chi connectivity index (χ0v) is 14.4. The highest BCUT2D eigenvalue weighted by molar-refractivity contribution is 5.76. The van der Waals surface area contributed by atoms with E-state index in [-0.39, 0.29) is 11.9 Å². The fraction of sp³-hybridized carbons (Fsp3) is 0.579. The van der Waals surface area contributed by atoms with Crippen molar-refractivity contribution in [3.8, 4) is 0 Å². The van der Waals surface area contributed by atoms with Crippen LogP contribution in [0.5, 0.6) is 0 Å². The van der Waals surface area contributed by atoms with Gasteiger partial charge in [0, 0.05) is 25.6 Å². The van der Waals surface area contributed by atoms with Crippen LogP contribution < -0.4 is 16.0 Å². The number of benzene rings is 1. The molecule has 1 aliphatic rings. The Morgan fingerprint density at radius 1 is 0.958 bits per heavy atom. The lowest BCUT2D eigenvalue weighted by atomic mass is 9.96. The van der Waals surface area contributed by atoms with E-state index in [1.54, 1.807) is 0 Å². The number of hydrogen-bond donors (Lipinski definition) is 3. The lowest BCUT2D eigenvalue weighted by Gasteiger charge is -2.22. The molecule has 1 aromatic carbocycles. The summed E-state index contributed by atoms with van der Waals surface area (Å²) < 4.78 is 0.